The van der Waals surface area contributed by atoms with Gasteiger partial charge in [-0.3, -0.25) is 4.90 Å². The van der Waals surface area contributed by atoms with E-state index >= 15 is 0 Å². The molecule has 0 aliphatic carbocycles. The zero-order valence-electron chi connectivity index (χ0n) is 11.3. The normalized spacial score (nSPS) is 22.9. The number of nitrogens with two attached hydrogens (primary N) is 1. The topological polar surface area (TPSA) is 29.3 Å². The third-order valence-electron chi connectivity index (χ3n) is 3.97. The van der Waals surface area contributed by atoms with Crippen molar-refractivity contribution in [3.8, 4) is 0 Å². The lowest BCUT2D eigenvalue weighted by molar-refractivity contribution is 0.247. The van der Waals surface area contributed by atoms with Gasteiger partial charge >= 0.3 is 0 Å². The Morgan fingerprint density at radius 3 is 2.47 bits per heavy atom. The molecule has 2 rings (SSSR count). The number of likely N-dealkylation sites (tertiary alicyclic amines) is 1. The Kier molecular flexibility index (Phi) is 5.71. The Bertz CT molecular complexity index is 426. The van der Waals surface area contributed by atoms with E-state index in [1.165, 1.54) is 12.1 Å². The first-order valence-electron chi connectivity index (χ1n) is 6.43. The highest BCUT2D eigenvalue weighted by molar-refractivity contribution is 5.85. The number of nitrogens with zero attached hydrogens (tertiary/aromatic N) is 1. The summed E-state index contributed by atoms with van der Waals surface area (Å²) in [6.07, 6.45) is 1.08. The van der Waals surface area contributed by atoms with Crippen LogP contribution in [0.25, 0.3) is 0 Å². The average molecular weight is 291 g/mol. The van der Waals surface area contributed by atoms with Crippen LogP contribution in [0.2, 0.25) is 0 Å². The maximum absolute atomic E-state index is 13.2. The summed E-state index contributed by atoms with van der Waals surface area (Å²) in [5.41, 5.74) is 6.73. The second-order valence-electron chi connectivity index (χ2n) is 5.25. The third kappa shape index (κ3) is 3.65. The van der Waals surface area contributed by atoms with Crippen molar-refractivity contribution in [1.82, 2.24) is 4.90 Å². The monoisotopic (exact) mass is 290 g/mol. The Morgan fingerprint density at radius 2 is 1.95 bits per heavy atom. The van der Waals surface area contributed by atoms with Gasteiger partial charge in [0.2, 0.25) is 0 Å². The van der Waals surface area contributed by atoms with E-state index in [0.29, 0.717) is 5.92 Å². The molecule has 5 heteroatoms. The van der Waals surface area contributed by atoms with Crippen molar-refractivity contribution in [3.63, 3.8) is 0 Å². The maximum Gasteiger partial charge on any atom is 0.159 e. The van der Waals surface area contributed by atoms with E-state index in [2.05, 4.69) is 4.90 Å². The van der Waals surface area contributed by atoms with Crippen molar-refractivity contribution < 1.29 is 8.78 Å². The number of hydrogen-bond donors (Lipinski definition) is 1. The van der Waals surface area contributed by atoms with Crippen LogP contribution in [0.3, 0.4) is 0 Å². The van der Waals surface area contributed by atoms with E-state index in [0.717, 1.165) is 25.1 Å². The predicted octanol–water partition coefficient (Wildman–Crippen LogP) is 3.12. The highest BCUT2D eigenvalue weighted by atomic mass is 35.5. The maximum atomic E-state index is 13.2. The van der Waals surface area contributed by atoms with Crippen molar-refractivity contribution in [2.75, 3.05) is 13.1 Å². The van der Waals surface area contributed by atoms with E-state index in [1.807, 2.05) is 13.8 Å². The zero-order chi connectivity index (χ0) is 13.3. The average Bonchev–Trinajstić information content (AvgIpc) is 2.81. The van der Waals surface area contributed by atoms with Crippen molar-refractivity contribution in [3.05, 3.63) is 35.4 Å². The van der Waals surface area contributed by atoms with Gasteiger partial charge in [-0.15, -0.1) is 12.4 Å². The summed E-state index contributed by atoms with van der Waals surface area (Å²) < 4.78 is 26.1. The molecule has 0 saturated carbocycles. The summed E-state index contributed by atoms with van der Waals surface area (Å²) in [6, 6.07) is 4.43. The van der Waals surface area contributed by atoms with E-state index < -0.39 is 11.6 Å². The Morgan fingerprint density at radius 1 is 1.26 bits per heavy atom. The minimum Gasteiger partial charge on any atom is -0.328 e. The molecule has 1 aliphatic rings. The second-order valence-corrected chi connectivity index (χ2v) is 5.25. The van der Waals surface area contributed by atoms with E-state index in [-0.39, 0.29) is 24.5 Å². The molecule has 2 N–H and O–H groups in total. The van der Waals surface area contributed by atoms with Crippen LogP contribution in [0.1, 0.15) is 31.9 Å². The molecular formula is C14H21ClF2N2. The lowest BCUT2D eigenvalue weighted by atomic mass is 10.0. The van der Waals surface area contributed by atoms with E-state index in [9.17, 15) is 8.78 Å². The molecule has 1 aromatic rings. The molecule has 0 radical (unpaired) electrons. The van der Waals surface area contributed by atoms with Gasteiger partial charge in [0.05, 0.1) is 0 Å². The van der Waals surface area contributed by atoms with Gasteiger partial charge in [-0.2, -0.15) is 0 Å². The highest BCUT2D eigenvalue weighted by Crippen LogP contribution is 2.29. The van der Waals surface area contributed by atoms with Crippen LogP contribution in [-0.4, -0.2) is 24.0 Å². The standard InChI is InChI=1S/C14H20F2N2.ClH/c1-9(17)12-5-6-18(8-12)10(2)11-3-4-13(15)14(16)7-11;/h3-4,7,9-10,12H,5-6,8,17H2,1-2H3;1H. The van der Waals surface area contributed by atoms with Gasteiger partial charge in [-0.1, -0.05) is 6.07 Å². The van der Waals surface area contributed by atoms with E-state index in [1.54, 1.807) is 6.07 Å². The van der Waals surface area contributed by atoms with Crippen molar-refractivity contribution in [2.45, 2.75) is 32.4 Å². The Balaban J connectivity index is 0.00000180. The second kappa shape index (κ2) is 6.64. The summed E-state index contributed by atoms with van der Waals surface area (Å²) >= 11 is 0. The lowest BCUT2D eigenvalue weighted by Crippen LogP contribution is -2.31. The molecule has 108 valence electrons. The molecule has 1 saturated heterocycles. The molecule has 0 spiro atoms. The molecule has 1 aromatic carbocycles. The highest BCUT2D eigenvalue weighted by Gasteiger charge is 2.28. The summed E-state index contributed by atoms with van der Waals surface area (Å²) in [4.78, 5) is 2.28. The quantitative estimate of drug-likeness (QED) is 0.927. The minimum absolute atomic E-state index is 0. The number of benzene rings is 1. The third-order valence-corrected chi connectivity index (χ3v) is 3.97. The van der Waals surface area contributed by atoms with Gasteiger partial charge in [0.1, 0.15) is 0 Å². The molecule has 19 heavy (non-hydrogen) atoms. The van der Waals surface area contributed by atoms with E-state index in [4.69, 9.17) is 5.73 Å². The number of rotatable bonds is 3. The van der Waals surface area contributed by atoms with Crippen molar-refractivity contribution in [2.24, 2.45) is 11.7 Å². The van der Waals surface area contributed by atoms with Crippen LogP contribution in [0.4, 0.5) is 8.78 Å². The molecule has 3 unspecified atom stereocenters. The molecule has 1 fully saturated rings. The van der Waals surface area contributed by atoms with Gasteiger partial charge in [0.25, 0.3) is 0 Å². The summed E-state index contributed by atoms with van der Waals surface area (Å²) in [5.74, 6) is -1.07. The fourth-order valence-electron chi connectivity index (χ4n) is 2.58. The zero-order valence-corrected chi connectivity index (χ0v) is 12.1. The minimum atomic E-state index is -0.791. The number of hydrogen-bond acceptors (Lipinski definition) is 2. The predicted molar refractivity (Wildman–Crippen MR) is 75.4 cm³/mol. The first kappa shape index (κ1) is 16.3. The summed E-state index contributed by atoms with van der Waals surface area (Å²) in [7, 11) is 0. The van der Waals surface area contributed by atoms with Gasteiger partial charge < -0.3 is 5.73 Å². The van der Waals surface area contributed by atoms with Crippen LogP contribution in [0, 0.1) is 17.6 Å². The fourth-order valence-corrected chi connectivity index (χ4v) is 2.58. The first-order chi connectivity index (χ1) is 8.49. The fraction of sp³-hybridized carbons (Fsp3) is 0.571. The van der Waals surface area contributed by atoms with Crippen LogP contribution in [0.5, 0.6) is 0 Å². The molecule has 3 atom stereocenters. The molecule has 0 aromatic heterocycles. The van der Waals surface area contributed by atoms with Crippen molar-refractivity contribution >= 4 is 12.4 Å². The summed E-state index contributed by atoms with van der Waals surface area (Å²) in [5, 5.41) is 0. The van der Waals surface area contributed by atoms with Crippen LogP contribution in [-0.2, 0) is 0 Å². The van der Waals surface area contributed by atoms with Crippen LogP contribution >= 0.6 is 12.4 Å². The molecule has 1 aliphatic heterocycles. The molecular weight excluding hydrogens is 270 g/mol. The molecule has 2 nitrogen and oxygen atoms in total. The number of halogens is 3. The largest absolute Gasteiger partial charge is 0.328 e. The van der Waals surface area contributed by atoms with Gasteiger partial charge in [0, 0.05) is 18.6 Å². The molecule has 0 amide bonds. The van der Waals surface area contributed by atoms with Crippen LogP contribution < -0.4 is 5.73 Å². The smallest absolute Gasteiger partial charge is 0.159 e. The van der Waals surface area contributed by atoms with Crippen molar-refractivity contribution in [1.29, 1.82) is 0 Å². The van der Waals surface area contributed by atoms with Crippen LogP contribution in [0.15, 0.2) is 18.2 Å². The van der Waals surface area contributed by atoms with Gasteiger partial charge in [-0.25, -0.2) is 8.78 Å². The van der Waals surface area contributed by atoms with Gasteiger partial charge in [-0.05, 0) is 50.4 Å². The summed E-state index contributed by atoms with van der Waals surface area (Å²) in [6.45, 7) is 5.94. The SMILES string of the molecule is CC(N)C1CCN(C(C)c2ccc(F)c(F)c2)C1.Cl. The Labute approximate surface area is 119 Å². The lowest BCUT2D eigenvalue weighted by Gasteiger charge is -2.25. The van der Waals surface area contributed by atoms with Gasteiger partial charge in [0.15, 0.2) is 11.6 Å². The molecule has 1 heterocycles. The Hall–Kier alpha value is -0.710. The molecule has 0 bridgehead atoms. The first-order valence-corrected chi connectivity index (χ1v) is 6.43.